The summed E-state index contributed by atoms with van der Waals surface area (Å²) in [6.45, 7) is 3.31. The molecule has 1 aromatic heterocycles. The molecule has 1 N–H and O–H groups in total. The van der Waals surface area contributed by atoms with Gasteiger partial charge in [-0.2, -0.15) is 0 Å². The van der Waals surface area contributed by atoms with Crippen molar-refractivity contribution in [2.75, 3.05) is 32.7 Å². The third-order valence-electron chi connectivity index (χ3n) is 3.73. The first-order valence-corrected chi connectivity index (χ1v) is 8.18. The molecule has 0 aliphatic heterocycles. The van der Waals surface area contributed by atoms with Gasteiger partial charge in [-0.25, -0.2) is 0 Å². The van der Waals surface area contributed by atoms with E-state index < -0.39 is 0 Å². The summed E-state index contributed by atoms with van der Waals surface area (Å²) in [5.74, 6) is 0.747. The highest BCUT2D eigenvalue weighted by atomic mass is 32.1. The molecule has 0 amide bonds. The summed E-state index contributed by atoms with van der Waals surface area (Å²) in [6, 6.07) is 13.6. The van der Waals surface area contributed by atoms with Crippen molar-refractivity contribution in [3.05, 3.63) is 54.4 Å². The van der Waals surface area contributed by atoms with Crippen molar-refractivity contribution >= 4 is 23.0 Å². The number of anilines is 1. The SMILES string of the molecule is COCCN(C(=S)Nc1ccccc1OC)C(C)c1ccccn1. The average Bonchev–Trinajstić information content (AvgIpc) is 2.63. The number of nitrogens with one attached hydrogen (secondary N) is 1. The van der Waals surface area contributed by atoms with Crippen LogP contribution in [0.4, 0.5) is 5.69 Å². The molecule has 0 saturated carbocycles. The van der Waals surface area contributed by atoms with Gasteiger partial charge in [-0.1, -0.05) is 18.2 Å². The number of ether oxygens (including phenoxy) is 2. The van der Waals surface area contributed by atoms with E-state index in [9.17, 15) is 0 Å². The predicted octanol–water partition coefficient (Wildman–Crippen LogP) is 3.50. The number of pyridine rings is 1. The number of thiocarbonyl (C=S) groups is 1. The van der Waals surface area contributed by atoms with Gasteiger partial charge in [-0.15, -0.1) is 0 Å². The van der Waals surface area contributed by atoms with Gasteiger partial charge in [0.25, 0.3) is 0 Å². The number of nitrogens with zero attached hydrogens (tertiary/aromatic N) is 2. The number of hydrogen-bond acceptors (Lipinski definition) is 4. The molecule has 0 radical (unpaired) electrons. The van der Waals surface area contributed by atoms with Crippen LogP contribution in [0, 0.1) is 0 Å². The van der Waals surface area contributed by atoms with Crippen LogP contribution in [0.25, 0.3) is 0 Å². The van der Waals surface area contributed by atoms with Gasteiger partial charge in [-0.3, -0.25) is 4.98 Å². The van der Waals surface area contributed by atoms with Crippen LogP contribution < -0.4 is 10.1 Å². The Bertz CT molecular complexity index is 652. The van der Waals surface area contributed by atoms with E-state index >= 15 is 0 Å². The largest absolute Gasteiger partial charge is 0.495 e. The maximum atomic E-state index is 5.63. The summed E-state index contributed by atoms with van der Waals surface area (Å²) >= 11 is 5.63. The molecule has 1 aromatic carbocycles. The number of hydrogen-bond donors (Lipinski definition) is 1. The smallest absolute Gasteiger partial charge is 0.174 e. The van der Waals surface area contributed by atoms with Crippen LogP contribution in [0.5, 0.6) is 5.75 Å². The molecule has 1 unspecified atom stereocenters. The van der Waals surface area contributed by atoms with Gasteiger partial charge < -0.3 is 19.7 Å². The highest BCUT2D eigenvalue weighted by Gasteiger charge is 2.20. The highest BCUT2D eigenvalue weighted by molar-refractivity contribution is 7.80. The number of rotatable bonds is 7. The maximum absolute atomic E-state index is 5.63. The Kier molecular flexibility index (Phi) is 6.96. The van der Waals surface area contributed by atoms with Gasteiger partial charge in [0.05, 0.1) is 31.1 Å². The molecule has 0 aliphatic carbocycles. The third kappa shape index (κ3) is 4.66. The molecule has 2 aromatic rings. The summed E-state index contributed by atoms with van der Waals surface area (Å²) in [4.78, 5) is 6.50. The monoisotopic (exact) mass is 345 g/mol. The molecule has 0 saturated heterocycles. The number of benzene rings is 1. The Labute approximate surface area is 148 Å². The molecule has 1 heterocycles. The van der Waals surface area contributed by atoms with Gasteiger partial charge in [-0.05, 0) is 43.4 Å². The van der Waals surface area contributed by atoms with Crippen molar-refractivity contribution in [3.8, 4) is 5.75 Å². The highest BCUT2D eigenvalue weighted by Crippen LogP contribution is 2.25. The lowest BCUT2D eigenvalue weighted by atomic mass is 10.2. The minimum absolute atomic E-state index is 0.0241. The van der Waals surface area contributed by atoms with Crippen LogP contribution in [0.3, 0.4) is 0 Å². The second-order valence-electron chi connectivity index (χ2n) is 5.25. The molecule has 0 fully saturated rings. The first-order chi connectivity index (χ1) is 11.7. The van der Waals surface area contributed by atoms with Crippen LogP contribution in [0.15, 0.2) is 48.7 Å². The fourth-order valence-corrected chi connectivity index (χ4v) is 2.74. The molecule has 128 valence electrons. The summed E-state index contributed by atoms with van der Waals surface area (Å²) in [6.07, 6.45) is 1.79. The Morgan fingerprint density at radius 3 is 2.62 bits per heavy atom. The number of aromatic nitrogens is 1. The van der Waals surface area contributed by atoms with E-state index in [0.717, 1.165) is 17.1 Å². The van der Waals surface area contributed by atoms with Crippen molar-refractivity contribution in [1.29, 1.82) is 0 Å². The summed E-state index contributed by atoms with van der Waals surface area (Å²) in [7, 11) is 3.32. The second-order valence-corrected chi connectivity index (χ2v) is 5.63. The van der Waals surface area contributed by atoms with Crippen molar-refractivity contribution in [2.24, 2.45) is 0 Å². The van der Waals surface area contributed by atoms with E-state index in [4.69, 9.17) is 21.7 Å². The summed E-state index contributed by atoms with van der Waals surface area (Å²) in [5.41, 5.74) is 1.79. The summed E-state index contributed by atoms with van der Waals surface area (Å²) < 4.78 is 10.6. The van der Waals surface area contributed by atoms with Gasteiger partial charge >= 0.3 is 0 Å². The molecular weight excluding hydrogens is 322 g/mol. The molecule has 6 heteroatoms. The lowest BCUT2D eigenvalue weighted by molar-refractivity contribution is 0.164. The Morgan fingerprint density at radius 2 is 1.96 bits per heavy atom. The van der Waals surface area contributed by atoms with Crippen LogP contribution in [0.1, 0.15) is 18.7 Å². The number of para-hydroxylation sites is 2. The Hall–Kier alpha value is -2.18. The average molecular weight is 345 g/mol. The molecule has 0 bridgehead atoms. The molecule has 5 nitrogen and oxygen atoms in total. The minimum Gasteiger partial charge on any atom is -0.495 e. The molecule has 0 aliphatic rings. The third-order valence-corrected chi connectivity index (χ3v) is 4.07. The van der Waals surface area contributed by atoms with Gasteiger partial charge in [0.2, 0.25) is 0 Å². The molecule has 24 heavy (non-hydrogen) atoms. The van der Waals surface area contributed by atoms with E-state index in [2.05, 4.69) is 22.1 Å². The minimum atomic E-state index is 0.0241. The predicted molar refractivity (Wildman–Crippen MR) is 100 cm³/mol. The van der Waals surface area contributed by atoms with Crippen molar-refractivity contribution in [1.82, 2.24) is 9.88 Å². The quantitative estimate of drug-likeness (QED) is 0.775. The van der Waals surface area contributed by atoms with Crippen molar-refractivity contribution in [3.63, 3.8) is 0 Å². The topological polar surface area (TPSA) is 46.6 Å². The lowest BCUT2D eigenvalue weighted by Crippen LogP contribution is -2.39. The first-order valence-electron chi connectivity index (χ1n) is 7.78. The van der Waals surface area contributed by atoms with E-state index in [1.165, 1.54) is 0 Å². The summed E-state index contributed by atoms with van der Waals surface area (Å²) in [5, 5.41) is 3.88. The Balaban J connectivity index is 2.18. The van der Waals surface area contributed by atoms with Gasteiger partial charge in [0.1, 0.15) is 5.75 Å². The van der Waals surface area contributed by atoms with E-state index in [1.807, 2.05) is 42.5 Å². The Morgan fingerprint density at radius 1 is 1.21 bits per heavy atom. The zero-order chi connectivity index (χ0) is 17.4. The van der Waals surface area contributed by atoms with Crippen LogP contribution >= 0.6 is 12.2 Å². The fourth-order valence-electron chi connectivity index (χ4n) is 2.38. The number of methoxy groups -OCH3 is 2. The van der Waals surface area contributed by atoms with Crippen molar-refractivity contribution < 1.29 is 9.47 Å². The lowest BCUT2D eigenvalue weighted by Gasteiger charge is -2.31. The fraction of sp³-hybridized carbons (Fsp3) is 0.333. The zero-order valence-corrected chi connectivity index (χ0v) is 15.0. The molecule has 2 rings (SSSR count). The molecule has 1 atom stereocenters. The second kappa shape index (κ2) is 9.20. The van der Waals surface area contributed by atoms with Gasteiger partial charge in [0.15, 0.2) is 5.11 Å². The first kappa shape index (κ1) is 18.2. The van der Waals surface area contributed by atoms with Crippen LogP contribution in [-0.2, 0) is 4.74 Å². The standard InChI is InChI=1S/C18H23N3O2S/c1-14(15-8-6-7-11-19-15)21(12-13-22-2)18(24)20-16-9-4-5-10-17(16)23-3/h4-11,14H,12-13H2,1-3H3,(H,20,24). The molecule has 0 spiro atoms. The van der Waals surface area contributed by atoms with E-state index in [-0.39, 0.29) is 6.04 Å². The van der Waals surface area contributed by atoms with Gasteiger partial charge in [0, 0.05) is 19.9 Å². The maximum Gasteiger partial charge on any atom is 0.174 e. The van der Waals surface area contributed by atoms with E-state index in [0.29, 0.717) is 18.3 Å². The zero-order valence-electron chi connectivity index (χ0n) is 14.2. The molecular formula is C18H23N3O2S. The van der Waals surface area contributed by atoms with Crippen LogP contribution in [0.2, 0.25) is 0 Å². The van der Waals surface area contributed by atoms with E-state index in [1.54, 1.807) is 20.4 Å². The van der Waals surface area contributed by atoms with Crippen molar-refractivity contribution in [2.45, 2.75) is 13.0 Å². The van der Waals surface area contributed by atoms with Crippen LogP contribution in [-0.4, -0.2) is 42.4 Å². The normalized spacial score (nSPS) is 11.6.